The lowest BCUT2D eigenvalue weighted by Crippen LogP contribution is -2.20. The molecule has 0 N–H and O–H groups in total. The van der Waals surface area contributed by atoms with Crippen molar-refractivity contribution in [3.8, 4) is 11.4 Å². The van der Waals surface area contributed by atoms with Gasteiger partial charge in [-0.3, -0.25) is 4.79 Å². The van der Waals surface area contributed by atoms with E-state index in [0.29, 0.717) is 32.3 Å². The largest absolute Gasteiger partial charge is 0.282 e. The molecular formula is C21H12BrCl2N3O. The summed E-state index contributed by atoms with van der Waals surface area (Å²) in [6, 6.07) is 19.8. The second kappa shape index (κ2) is 7.87. The predicted molar refractivity (Wildman–Crippen MR) is 119 cm³/mol. The van der Waals surface area contributed by atoms with Gasteiger partial charge in [-0.2, -0.15) is 9.78 Å². The Kier molecular flexibility index (Phi) is 5.31. The van der Waals surface area contributed by atoms with Crippen LogP contribution >= 0.6 is 39.1 Å². The van der Waals surface area contributed by atoms with Crippen LogP contribution < -0.4 is 5.56 Å². The normalized spacial score (nSPS) is 11.4. The Morgan fingerprint density at radius 3 is 2.50 bits per heavy atom. The Balaban J connectivity index is 1.93. The molecule has 1 heterocycles. The highest BCUT2D eigenvalue weighted by Crippen LogP contribution is 2.22. The molecule has 4 aromatic rings. The summed E-state index contributed by atoms with van der Waals surface area (Å²) in [6.07, 6.45) is 1.53. The molecule has 0 aliphatic heterocycles. The molecule has 4 rings (SSSR count). The molecule has 0 aliphatic carbocycles. The van der Waals surface area contributed by atoms with Crippen molar-refractivity contribution in [1.82, 2.24) is 9.66 Å². The van der Waals surface area contributed by atoms with Crippen LogP contribution in [-0.4, -0.2) is 15.9 Å². The summed E-state index contributed by atoms with van der Waals surface area (Å²) in [5.41, 5.74) is 1.77. The molecule has 0 spiro atoms. The van der Waals surface area contributed by atoms with Crippen molar-refractivity contribution < 1.29 is 0 Å². The summed E-state index contributed by atoms with van der Waals surface area (Å²) in [7, 11) is 0. The Hall–Kier alpha value is -2.47. The van der Waals surface area contributed by atoms with E-state index in [1.165, 1.54) is 10.9 Å². The molecule has 0 amide bonds. The molecule has 0 atom stereocenters. The summed E-state index contributed by atoms with van der Waals surface area (Å²) >= 11 is 15.6. The molecule has 3 aromatic carbocycles. The van der Waals surface area contributed by atoms with E-state index < -0.39 is 0 Å². The standard InChI is InChI=1S/C21H12BrCl2N3O/c22-15-8-5-13(6-9-15)20-26-19-4-2-1-3-17(19)21(28)27(20)25-12-14-7-10-16(23)11-18(14)24/h1-12H/b25-12+. The molecule has 1 aromatic heterocycles. The molecule has 0 radical (unpaired) electrons. The van der Waals surface area contributed by atoms with Crippen molar-refractivity contribution in [3.63, 3.8) is 0 Å². The van der Waals surface area contributed by atoms with Gasteiger partial charge in [-0.05, 0) is 36.4 Å². The fraction of sp³-hybridized carbons (Fsp3) is 0. The Morgan fingerprint density at radius 2 is 1.75 bits per heavy atom. The molecule has 0 saturated carbocycles. The maximum absolute atomic E-state index is 13.1. The van der Waals surface area contributed by atoms with Crippen molar-refractivity contribution in [2.75, 3.05) is 0 Å². The van der Waals surface area contributed by atoms with Crippen molar-refractivity contribution in [2.45, 2.75) is 0 Å². The number of hydrogen-bond acceptors (Lipinski definition) is 3. The van der Waals surface area contributed by atoms with Crippen LogP contribution in [0.4, 0.5) is 0 Å². The smallest absolute Gasteiger partial charge is 0.267 e. The lowest BCUT2D eigenvalue weighted by molar-refractivity contribution is 0.830. The van der Waals surface area contributed by atoms with Crippen molar-refractivity contribution in [3.05, 3.63) is 97.2 Å². The van der Waals surface area contributed by atoms with E-state index in [4.69, 9.17) is 23.2 Å². The number of aromatic nitrogens is 2. The van der Waals surface area contributed by atoms with Gasteiger partial charge in [0.15, 0.2) is 5.82 Å². The van der Waals surface area contributed by atoms with Crippen LogP contribution in [0, 0.1) is 0 Å². The van der Waals surface area contributed by atoms with Gasteiger partial charge in [-0.1, -0.05) is 69.5 Å². The third-order valence-electron chi connectivity index (χ3n) is 4.13. The van der Waals surface area contributed by atoms with Gasteiger partial charge < -0.3 is 0 Å². The molecule has 0 fully saturated rings. The summed E-state index contributed by atoms with van der Waals surface area (Å²) < 4.78 is 2.22. The zero-order valence-corrected chi connectivity index (χ0v) is 17.4. The minimum atomic E-state index is -0.259. The Labute approximate surface area is 179 Å². The van der Waals surface area contributed by atoms with Gasteiger partial charge >= 0.3 is 0 Å². The Morgan fingerprint density at radius 1 is 1.00 bits per heavy atom. The van der Waals surface area contributed by atoms with Gasteiger partial charge in [0.2, 0.25) is 0 Å². The number of nitrogens with zero attached hydrogens (tertiary/aromatic N) is 3. The van der Waals surface area contributed by atoms with Gasteiger partial charge in [-0.25, -0.2) is 4.98 Å². The van der Waals surface area contributed by atoms with E-state index in [-0.39, 0.29) is 5.56 Å². The third-order valence-corrected chi connectivity index (χ3v) is 5.22. The van der Waals surface area contributed by atoms with Crippen LogP contribution in [0.25, 0.3) is 22.3 Å². The molecule has 138 valence electrons. The van der Waals surface area contributed by atoms with E-state index in [9.17, 15) is 4.79 Å². The fourth-order valence-electron chi connectivity index (χ4n) is 2.74. The van der Waals surface area contributed by atoms with Gasteiger partial charge in [0.25, 0.3) is 5.56 Å². The lowest BCUT2D eigenvalue weighted by Gasteiger charge is -2.09. The molecule has 7 heteroatoms. The summed E-state index contributed by atoms with van der Waals surface area (Å²) in [4.78, 5) is 17.8. The first-order valence-electron chi connectivity index (χ1n) is 8.30. The van der Waals surface area contributed by atoms with E-state index >= 15 is 0 Å². The zero-order valence-electron chi connectivity index (χ0n) is 14.3. The van der Waals surface area contributed by atoms with Gasteiger partial charge in [0.1, 0.15) is 0 Å². The van der Waals surface area contributed by atoms with Crippen molar-refractivity contribution in [2.24, 2.45) is 5.10 Å². The quantitative estimate of drug-likeness (QED) is 0.342. The second-order valence-electron chi connectivity index (χ2n) is 5.99. The van der Waals surface area contributed by atoms with Crippen LogP contribution in [0.15, 0.2) is 81.1 Å². The Bertz CT molecular complexity index is 1270. The average molecular weight is 473 g/mol. The highest BCUT2D eigenvalue weighted by molar-refractivity contribution is 9.10. The summed E-state index contributed by atoms with van der Waals surface area (Å²) in [6.45, 7) is 0. The highest BCUT2D eigenvalue weighted by Gasteiger charge is 2.12. The average Bonchev–Trinajstić information content (AvgIpc) is 2.69. The van der Waals surface area contributed by atoms with Crippen LogP contribution in [0.3, 0.4) is 0 Å². The van der Waals surface area contributed by atoms with Crippen LogP contribution in [0.2, 0.25) is 10.0 Å². The molecule has 0 unspecified atom stereocenters. The maximum Gasteiger partial charge on any atom is 0.282 e. The molecule has 0 saturated heterocycles. The number of hydrogen-bond donors (Lipinski definition) is 0. The topological polar surface area (TPSA) is 47.2 Å². The first-order valence-corrected chi connectivity index (χ1v) is 9.85. The molecule has 0 bridgehead atoms. The van der Waals surface area contributed by atoms with Crippen LogP contribution in [0.1, 0.15) is 5.56 Å². The van der Waals surface area contributed by atoms with Crippen molar-refractivity contribution >= 4 is 56.2 Å². The molecule has 4 nitrogen and oxygen atoms in total. The lowest BCUT2D eigenvalue weighted by atomic mass is 10.2. The number of rotatable bonds is 3. The maximum atomic E-state index is 13.1. The number of para-hydroxylation sites is 1. The monoisotopic (exact) mass is 471 g/mol. The van der Waals surface area contributed by atoms with E-state index in [0.717, 1.165) is 10.0 Å². The van der Waals surface area contributed by atoms with E-state index in [1.807, 2.05) is 36.4 Å². The summed E-state index contributed by atoms with van der Waals surface area (Å²) in [5, 5.41) is 5.86. The van der Waals surface area contributed by atoms with Gasteiger partial charge in [0, 0.05) is 20.6 Å². The summed E-state index contributed by atoms with van der Waals surface area (Å²) in [5.74, 6) is 0.442. The zero-order chi connectivity index (χ0) is 19.7. The van der Waals surface area contributed by atoms with Crippen LogP contribution in [0.5, 0.6) is 0 Å². The second-order valence-corrected chi connectivity index (χ2v) is 7.75. The first-order chi connectivity index (χ1) is 13.5. The minimum Gasteiger partial charge on any atom is -0.267 e. The van der Waals surface area contributed by atoms with Crippen molar-refractivity contribution in [1.29, 1.82) is 0 Å². The first kappa shape index (κ1) is 18.9. The molecule has 0 aliphatic rings. The third kappa shape index (κ3) is 3.74. The number of fused-ring (bicyclic) bond motifs is 1. The van der Waals surface area contributed by atoms with Gasteiger partial charge in [-0.15, -0.1) is 0 Å². The molecule has 28 heavy (non-hydrogen) atoms. The van der Waals surface area contributed by atoms with E-state index in [2.05, 4.69) is 26.0 Å². The van der Waals surface area contributed by atoms with E-state index in [1.54, 1.807) is 30.3 Å². The minimum absolute atomic E-state index is 0.259. The van der Waals surface area contributed by atoms with Gasteiger partial charge in [0.05, 0.1) is 22.1 Å². The highest BCUT2D eigenvalue weighted by atomic mass is 79.9. The fourth-order valence-corrected chi connectivity index (χ4v) is 3.46. The molecular weight excluding hydrogens is 461 g/mol. The number of halogens is 3. The predicted octanol–water partition coefficient (Wildman–Crippen LogP) is 6.02. The number of benzene rings is 3. The van der Waals surface area contributed by atoms with Crippen LogP contribution in [-0.2, 0) is 0 Å². The SMILES string of the molecule is O=c1c2ccccc2nc(-c2ccc(Br)cc2)n1/N=C/c1ccc(Cl)cc1Cl.